The zero-order chi connectivity index (χ0) is 14.8. The Morgan fingerprint density at radius 2 is 1.75 bits per heavy atom. The minimum Gasteiger partial charge on any atom is -0.308 e. The quantitative estimate of drug-likeness (QED) is 0.903. The number of aromatic amines is 1. The minimum atomic E-state index is -4.28. The van der Waals surface area contributed by atoms with Crippen molar-refractivity contribution < 1.29 is 13.2 Å². The Kier molecular flexibility index (Phi) is 4.13. The number of hydrogen-bond acceptors (Lipinski definition) is 2. The van der Waals surface area contributed by atoms with E-state index >= 15 is 0 Å². The first-order valence-electron chi connectivity index (χ1n) is 6.25. The van der Waals surface area contributed by atoms with E-state index in [2.05, 4.69) is 15.5 Å². The fraction of sp³-hybridized carbons (Fsp3) is 0.357. The van der Waals surface area contributed by atoms with Gasteiger partial charge in [0, 0.05) is 24.3 Å². The lowest BCUT2D eigenvalue weighted by Crippen LogP contribution is -2.14. The summed E-state index contributed by atoms with van der Waals surface area (Å²) in [6.07, 6.45) is -4.28. The molecule has 0 atom stereocenters. The Morgan fingerprint density at radius 3 is 2.25 bits per heavy atom. The monoisotopic (exact) mass is 283 g/mol. The minimum absolute atomic E-state index is 0.516. The molecular formula is C14H16F3N3. The van der Waals surface area contributed by atoms with Gasteiger partial charge in [0.1, 0.15) is 0 Å². The van der Waals surface area contributed by atoms with Gasteiger partial charge in [0.15, 0.2) is 0 Å². The normalized spacial score (nSPS) is 11.8. The molecule has 6 heteroatoms. The molecule has 1 aromatic carbocycles. The molecule has 2 rings (SSSR count). The molecule has 108 valence electrons. The summed E-state index contributed by atoms with van der Waals surface area (Å²) in [4.78, 5) is 0. The van der Waals surface area contributed by atoms with Gasteiger partial charge in [0.25, 0.3) is 0 Å². The zero-order valence-corrected chi connectivity index (χ0v) is 11.3. The van der Waals surface area contributed by atoms with Crippen LogP contribution in [0.15, 0.2) is 24.3 Å². The third kappa shape index (κ3) is 3.39. The van der Waals surface area contributed by atoms with Gasteiger partial charge >= 0.3 is 6.18 Å². The van der Waals surface area contributed by atoms with Gasteiger partial charge in [-0.1, -0.05) is 12.1 Å². The van der Waals surface area contributed by atoms with Crippen LogP contribution in [-0.4, -0.2) is 10.2 Å². The van der Waals surface area contributed by atoms with Crippen LogP contribution in [0.25, 0.3) is 0 Å². The molecule has 3 nitrogen and oxygen atoms in total. The lowest BCUT2D eigenvalue weighted by Gasteiger charge is -2.08. The fourth-order valence-electron chi connectivity index (χ4n) is 1.98. The summed E-state index contributed by atoms with van der Waals surface area (Å²) < 4.78 is 37.3. The standard InChI is InChI=1S/C14H16F3N3/c1-9-13(10(2)20-19-9)8-18-7-11-3-5-12(6-4-11)14(15,16)17/h3-6,18H,7-8H2,1-2H3,(H,19,20). The fourth-order valence-corrected chi connectivity index (χ4v) is 1.98. The van der Waals surface area contributed by atoms with Crippen LogP contribution in [0.4, 0.5) is 13.2 Å². The highest BCUT2D eigenvalue weighted by atomic mass is 19.4. The van der Waals surface area contributed by atoms with E-state index in [0.717, 1.165) is 34.6 Å². The maximum absolute atomic E-state index is 12.4. The molecule has 0 fully saturated rings. The maximum atomic E-state index is 12.4. The Balaban J connectivity index is 1.92. The van der Waals surface area contributed by atoms with E-state index in [9.17, 15) is 13.2 Å². The summed E-state index contributed by atoms with van der Waals surface area (Å²) in [5.41, 5.74) is 3.22. The molecule has 0 aliphatic carbocycles. The van der Waals surface area contributed by atoms with Crippen LogP contribution < -0.4 is 5.32 Å². The maximum Gasteiger partial charge on any atom is 0.416 e. The molecule has 2 N–H and O–H groups in total. The number of H-pyrrole nitrogens is 1. The van der Waals surface area contributed by atoms with E-state index in [1.54, 1.807) is 0 Å². The molecule has 0 unspecified atom stereocenters. The molecule has 0 saturated heterocycles. The Bertz CT molecular complexity index is 551. The number of halogens is 3. The molecule has 0 spiro atoms. The van der Waals surface area contributed by atoms with Crippen molar-refractivity contribution in [1.29, 1.82) is 0 Å². The third-order valence-electron chi connectivity index (χ3n) is 3.19. The number of hydrogen-bond donors (Lipinski definition) is 2. The molecule has 2 aromatic rings. The molecule has 1 aromatic heterocycles. The van der Waals surface area contributed by atoms with Gasteiger partial charge in [-0.3, -0.25) is 5.10 Å². The molecule has 0 bridgehead atoms. The van der Waals surface area contributed by atoms with Crippen molar-refractivity contribution in [3.05, 3.63) is 52.3 Å². The smallest absolute Gasteiger partial charge is 0.308 e. The first-order valence-corrected chi connectivity index (χ1v) is 6.25. The Morgan fingerprint density at radius 1 is 1.10 bits per heavy atom. The van der Waals surface area contributed by atoms with Crippen LogP contribution in [0.5, 0.6) is 0 Å². The van der Waals surface area contributed by atoms with Gasteiger partial charge in [0.05, 0.1) is 11.3 Å². The number of aromatic nitrogens is 2. The summed E-state index contributed by atoms with van der Waals surface area (Å²) in [5.74, 6) is 0. The number of nitrogens with one attached hydrogen (secondary N) is 2. The summed E-state index contributed by atoms with van der Waals surface area (Å²) in [5, 5.41) is 10.2. The molecule has 0 aliphatic heterocycles. The van der Waals surface area contributed by atoms with Crippen LogP contribution in [0.2, 0.25) is 0 Å². The molecular weight excluding hydrogens is 267 g/mol. The average Bonchev–Trinajstić information content (AvgIpc) is 2.70. The number of benzene rings is 1. The molecule has 20 heavy (non-hydrogen) atoms. The van der Waals surface area contributed by atoms with Crippen molar-refractivity contribution in [2.45, 2.75) is 33.1 Å². The number of nitrogens with zero attached hydrogens (tertiary/aromatic N) is 1. The lowest BCUT2D eigenvalue weighted by atomic mass is 10.1. The SMILES string of the molecule is Cc1n[nH]c(C)c1CNCc1ccc(C(F)(F)F)cc1. The second-order valence-corrected chi connectivity index (χ2v) is 4.71. The molecule has 0 radical (unpaired) electrons. The van der Waals surface area contributed by atoms with Crippen LogP contribution in [0.3, 0.4) is 0 Å². The highest BCUT2D eigenvalue weighted by molar-refractivity contribution is 5.25. The lowest BCUT2D eigenvalue weighted by molar-refractivity contribution is -0.137. The van der Waals surface area contributed by atoms with Gasteiger partial charge < -0.3 is 5.32 Å². The van der Waals surface area contributed by atoms with E-state index in [4.69, 9.17) is 0 Å². The van der Waals surface area contributed by atoms with E-state index in [0.29, 0.717) is 13.1 Å². The Hall–Kier alpha value is -1.82. The van der Waals surface area contributed by atoms with Crippen LogP contribution >= 0.6 is 0 Å². The molecule has 0 saturated carbocycles. The van der Waals surface area contributed by atoms with E-state index in [1.807, 2.05) is 13.8 Å². The predicted molar refractivity (Wildman–Crippen MR) is 70.0 cm³/mol. The topological polar surface area (TPSA) is 40.7 Å². The second-order valence-electron chi connectivity index (χ2n) is 4.71. The summed E-state index contributed by atoms with van der Waals surface area (Å²) >= 11 is 0. The van der Waals surface area contributed by atoms with Crippen molar-refractivity contribution in [3.63, 3.8) is 0 Å². The largest absolute Gasteiger partial charge is 0.416 e. The highest BCUT2D eigenvalue weighted by Gasteiger charge is 2.29. The van der Waals surface area contributed by atoms with Crippen LogP contribution in [0, 0.1) is 13.8 Å². The number of aryl methyl sites for hydroxylation is 2. The first-order chi connectivity index (χ1) is 9.38. The van der Waals surface area contributed by atoms with Crippen molar-refractivity contribution in [1.82, 2.24) is 15.5 Å². The van der Waals surface area contributed by atoms with E-state index in [-0.39, 0.29) is 0 Å². The van der Waals surface area contributed by atoms with E-state index in [1.165, 1.54) is 12.1 Å². The van der Waals surface area contributed by atoms with Gasteiger partial charge in [-0.15, -0.1) is 0 Å². The van der Waals surface area contributed by atoms with E-state index < -0.39 is 11.7 Å². The third-order valence-corrected chi connectivity index (χ3v) is 3.19. The predicted octanol–water partition coefficient (Wildman–Crippen LogP) is 3.34. The molecule has 0 aliphatic rings. The molecule has 1 heterocycles. The molecule has 0 amide bonds. The van der Waals surface area contributed by atoms with Gasteiger partial charge in [-0.25, -0.2) is 0 Å². The zero-order valence-electron chi connectivity index (χ0n) is 11.3. The van der Waals surface area contributed by atoms with Crippen molar-refractivity contribution in [2.24, 2.45) is 0 Å². The first kappa shape index (κ1) is 14.6. The van der Waals surface area contributed by atoms with Gasteiger partial charge in [-0.05, 0) is 31.5 Å². The van der Waals surface area contributed by atoms with Crippen LogP contribution in [-0.2, 0) is 19.3 Å². The Labute approximate surface area is 115 Å². The second kappa shape index (κ2) is 5.66. The van der Waals surface area contributed by atoms with Gasteiger partial charge in [-0.2, -0.15) is 18.3 Å². The van der Waals surface area contributed by atoms with Crippen molar-refractivity contribution in [3.8, 4) is 0 Å². The highest BCUT2D eigenvalue weighted by Crippen LogP contribution is 2.29. The number of rotatable bonds is 4. The summed E-state index contributed by atoms with van der Waals surface area (Å²) in [7, 11) is 0. The summed E-state index contributed by atoms with van der Waals surface area (Å²) in [6, 6.07) is 5.19. The number of alkyl halides is 3. The van der Waals surface area contributed by atoms with Gasteiger partial charge in [0.2, 0.25) is 0 Å². The van der Waals surface area contributed by atoms with Crippen molar-refractivity contribution >= 4 is 0 Å². The summed E-state index contributed by atoms with van der Waals surface area (Å²) in [6.45, 7) is 5.01. The van der Waals surface area contributed by atoms with Crippen LogP contribution in [0.1, 0.15) is 28.1 Å². The van der Waals surface area contributed by atoms with Crippen molar-refractivity contribution in [2.75, 3.05) is 0 Å². The average molecular weight is 283 g/mol.